The molecule has 1 aliphatic rings. The second-order valence-corrected chi connectivity index (χ2v) is 7.97. The highest BCUT2D eigenvalue weighted by atomic mass is 32.2. The third kappa shape index (κ3) is 4.85. The summed E-state index contributed by atoms with van der Waals surface area (Å²) in [7, 11) is 0. The van der Waals surface area contributed by atoms with Crippen molar-refractivity contribution in [3.63, 3.8) is 0 Å². The predicted molar refractivity (Wildman–Crippen MR) is 98.5 cm³/mol. The molecule has 0 fully saturated rings. The van der Waals surface area contributed by atoms with Crippen LogP contribution in [0.4, 0.5) is 5.13 Å². The van der Waals surface area contributed by atoms with Gasteiger partial charge in [0.15, 0.2) is 15.8 Å². The van der Waals surface area contributed by atoms with Crippen LogP contribution in [0.25, 0.3) is 0 Å². The van der Waals surface area contributed by atoms with Gasteiger partial charge in [-0.2, -0.15) is 0 Å². The molecule has 3 rings (SSSR count). The molecule has 8 nitrogen and oxygen atoms in total. The minimum Gasteiger partial charge on any atom is -0.454 e. The summed E-state index contributed by atoms with van der Waals surface area (Å²) in [4.78, 5) is 23.6. The van der Waals surface area contributed by atoms with Gasteiger partial charge in [-0.15, -0.1) is 10.2 Å². The monoisotopic (exact) mass is 394 g/mol. The molecule has 138 valence electrons. The van der Waals surface area contributed by atoms with Crippen LogP contribution in [0.15, 0.2) is 22.5 Å². The summed E-state index contributed by atoms with van der Waals surface area (Å²) < 4.78 is 11.2. The maximum Gasteiger partial charge on any atom is 0.231 e. The molecule has 0 saturated carbocycles. The van der Waals surface area contributed by atoms with Crippen molar-refractivity contribution < 1.29 is 19.1 Å². The summed E-state index contributed by atoms with van der Waals surface area (Å²) in [6, 6.07) is 5.56. The van der Waals surface area contributed by atoms with Gasteiger partial charge in [-0.1, -0.05) is 43.0 Å². The molecule has 0 aliphatic carbocycles. The van der Waals surface area contributed by atoms with E-state index in [4.69, 9.17) is 9.47 Å². The fourth-order valence-corrected chi connectivity index (χ4v) is 3.58. The lowest BCUT2D eigenvalue weighted by molar-refractivity contribution is -0.119. The number of hydrogen-bond donors (Lipinski definition) is 2. The summed E-state index contributed by atoms with van der Waals surface area (Å²) in [5, 5.41) is 13.8. The first kappa shape index (κ1) is 18.5. The van der Waals surface area contributed by atoms with E-state index in [0.717, 1.165) is 5.56 Å². The van der Waals surface area contributed by atoms with Gasteiger partial charge < -0.3 is 20.1 Å². The molecule has 1 aromatic heterocycles. The van der Waals surface area contributed by atoms with E-state index in [1.807, 2.05) is 18.2 Å². The van der Waals surface area contributed by atoms with Crippen molar-refractivity contribution in [2.24, 2.45) is 5.92 Å². The second-order valence-electron chi connectivity index (χ2n) is 5.77. The van der Waals surface area contributed by atoms with Crippen LogP contribution in [-0.4, -0.2) is 34.6 Å². The van der Waals surface area contributed by atoms with Gasteiger partial charge in [-0.3, -0.25) is 9.59 Å². The molecule has 0 unspecified atom stereocenters. The number of anilines is 1. The zero-order chi connectivity index (χ0) is 18.5. The molecule has 2 aromatic rings. The predicted octanol–water partition coefficient (Wildman–Crippen LogP) is 2.27. The Morgan fingerprint density at radius 1 is 1.27 bits per heavy atom. The molecule has 1 aromatic carbocycles. The topological polar surface area (TPSA) is 102 Å². The Bertz CT molecular complexity index is 809. The highest BCUT2D eigenvalue weighted by Crippen LogP contribution is 2.32. The zero-order valence-corrected chi connectivity index (χ0v) is 15.9. The van der Waals surface area contributed by atoms with Crippen molar-refractivity contribution >= 4 is 40.0 Å². The number of ether oxygens (including phenoxy) is 2. The van der Waals surface area contributed by atoms with Crippen LogP contribution in [0.5, 0.6) is 11.5 Å². The van der Waals surface area contributed by atoms with E-state index >= 15 is 0 Å². The Morgan fingerprint density at radius 2 is 2.08 bits per heavy atom. The van der Waals surface area contributed by atoms with Crippen LogP contribution in [0.2, 0.25) is 0 Å². The number of nitrogens with zero attached hydrogens (tertiary/aromatic N) is 2. The number of nitrogens with one attached hydrogen (secondary N) is 2. The third-order valence-corrected chi connectivity index (χ3v) is 5.39. The van der Waals surface area contributed by atoms with Gasteiger partial charge >= 0.3 is 0 Å². The van der Waals surface area contributed by atoms with Crippen molar-refractivity contribution in [3.05, 3.63) is 23.8 Å². The molecule has 2 N–H and O–H groups in total. The molecule has 0 bridgehead atoms. The van der Waals surface area contributed by atoms with Crippen molar-refractivity contribution in [1.82, 2.24) is 15.5 Å². The Labute approximate surface area is 158 Å². The molecule has 0 atom stereocenters. The maximum atomic E-state index is 12.0. The molecular weight excluding hydrogens is 376 g/mol. The van der Waals surface area contributed by atoms with Crippen molar-refractivity contribution in [3.8, 4) is 11.5 Å². The molecule has 2 amide bonds. The molecule has 0 saturated heterocycles. The van der Waals surface area contributed by atoms with Gasteiger partial charge in [-0.25, -0.2) is 0 Å². The Balaban J connectivity index is 1.43. The van der Waals surface area contributed by atoms with Crippen LogP contribution in [0.1, 0.15) is 19.4 Å². The molecule has 2 heterocycles. The van der Waals surface area contributed by atoms with E-state index in [1.54, 1.807) is 13.8 Å². The van der Waals surface area contributed by atoms with E-state index in [1.165, 1.54) is 23.1 Å². The second kappa shape index (κ2) is 8.37. The number of carbonyl (C=O) groups excluding carboxylic acids is 2. The molecule has 26 heavy (non-hydrogen) atoms. The van der Waals surface area contributed by atoms with Crippen molar-refractivity contribution in [1.29, 1.82) is 0 Å². The van der Waals surface area contributed by atoms with E-state index in [0.29, 0.717) is 27.5 Å². The normalized spacial score (nSPS) is 12.3. The van der Waals surface area contributed by atoms with E-state index in [2.05, 4.69) is 20.8 Å². The maximum absolute atomic E-state index is 12.0. The standard InChI is InChI=1S/C16H18N4O4S2/c1-9(2)14(22)18-15-19-20-16(26-15)25-7-13(21)17-6-10-3-4-11-12(5-10)24-8-23-11/h3-5,9H,6-8H2,1-2H3,(H,17,21)(H,18,19,22). The van der Waals surface area contributed by atoms with E-state index in [-0.39, 0.29) is 30.3 Å². The summed E-state index contributed by atoms with van der Waals surface area (Å²) in [6.07, 6.45) is 0. The minimum absolute atomic E-state index is 0.112. The molecule has 0 radical (unpaired) electrons. The van der Waals surface area contributed by atoms with E-state index in [9.17, 15) is 9.59 Å². The number of carbonyl (C=O) groups is 2. The molecule has 0 spiro atoms. The third-order valence-electron chi connectivity index (χ3n) is 3.41. The number of benzene rings is 1. The Hall–Kier alpha value is -2.33. The van der Waals surface area contributed by atoms with Crippen LogP contribution in [0, 0.1) is 5.92 Å². The lowest BCUT2D eigenvalue weighted by Gasteiger charge is -2.05. The van der Waals surface area contributed by atoms with Crippen molar-refractivity contribution in [2.45, 2.75) is 24.7 Å². The number of thioether (sulfide) groups is 1. The van der Waals surface area contributed by atoms with Gasteiger partial charge in [-0.05, 0) is 17.7 Å². The SMILES string of the molecule is CC(C)C(=O)Nc1nnc(SCC(=O)NCc2ccc3c(c2)OCO3)s1. The summed E-state index contributed by atoms with van der Waals surface area (Å²) in [6.45, 7) is 4.23. The quantitative estimate of drug-likeness (QED) is 0.548. The van der Waals surface area contributed by atoms with Gasteiger partial charge in [0.25, 0.3) is 0 Å². The van der Waals surface area contributed by atoms with Crippen LogP contribution in [-0.2, 0) is 16.1 Å². The molecule has 1 aliphatic heterocycles. The summed E-state index contributed by atoms with van der Waals surface area (Å²) >= 11 is 2.52. The number of aromatic nitrogens is 2. The van der Waals surface area contributed by atoms with Gasteiger partial charge in [0.1, 0.15) is 0 Å². The zero-order valence-electron chi connectivity index (χ0n) is 14.3. The minimum atomic E-state index is -0.128. The first-order valence-electron chi connectivity index (χ1n) is 7.93. The highest BCUT2D eigenvalue weighted by molar-refractivity contribution is 8.01. The van der Waals surface area contributed by atoms with Crippen molar-refractivity contribution in [2.75, 3.05) is 17.9 Å². The number of fused-ring (bicyclic) bond motifs is 1. The lowest BCUT2D eigenvalue weighted by Crippen LogP contribution is -2.24. The van der Waals surface area contributed by atoms with Gasteiger partial charge in [0.05, 0.1) is 5.75 Å². The largest absolute Gasteiger partial charge is 0.454 e. The number of rotatable bonds is 7. The average Bonchev–Trinajstić information content (AvgIpc) is 3.26. The first-order valence-corrected chi connectivity index (χ1v) is 9.74. The fraction of sp³-hybridized carbons (Fsp3) is 0.375. The van der Waals surface area contributed by atoms with Crippen LogP contribution >= 0.6 is 23.1 Å². The number of amides is 2. The fourth-order valence-electron chi connectivity index (χ4n) is 2.00. The van der Waals surface area contributed by atoms with Gasteiger partial charge in [0.2, 0.25) is 23.7 Å². The molecule has 10 heteroatoms. The van der Waals surface area contributed by atoms with Crippen LogP contribution < -0.4 is 20.1 Å². The first-order chi connectivity index (χ1) is 12.5. The van der Waals surface area contributed by atoms with E-state index < -0.39 is 0 Å². The van der Waals surface area contributed by atoms with Crippen LogP contribution in [0.3, 0.4) is 0 Å². The smallest absolute Gasteiger partial charge is 0.231 e. The average molecular weight is 394 g/mol. The van der Waals surface area contributed by atoms with Gasteiger partial charge in [0, 0.05) is 12.5 Å². The lowest BCUT2D eigenvalue weighted by atomic mass is 10.2. The summed E-state index contributed by atoms with van der Waals surface area (Å²) in [5.74, 6) is 1.27. The Morgan fingerprint density at radius 3 is 2.88 bits per heavy atom. The highest BCUT2D eigenvalue weighted by Gasteiger charge is 2.14. The Kier molecular flexibility index (Phi) is 5.94. The molecular formula is C16H18N4O4S2. The summed E-state index contributed by atoms with van der Waals surface area (Å²) in [5.41, 5.74) is 0.933. The number of hydrogen-bond acceptors (Lipinski definition) is 8.